The van der Waals surface area contributed by atoms with Gasteiger partial charge in [0.25, 0.3) is 0 Å². The van der Waals surface area contributed by atoms with Crippen LogP contribution in [0.3, 0.4) is 0 Å². The Hall–Kier alpha value is -1.68. The highest BCUT2D eigenvalue weighted by atomic mass is 16.3. The summed E-state index contributed by atoms with van der Waals surface area (Å²) in [6, 6.07) is 2.35. The lowest BCUT2D eigenvalue weighted by Gasteiger charge is -2.07. The normalized spacial score (nSPS) is 11.1. The number of nitrogens with one attached hydrogen (secondary N) is 1. The highest BCUT2D eigenvalue weighted by Gasteiger charge is 2.07. The number of nitrogens with zero attached hydrogens (tertiary/aromatic N) is 2. The first-order chi connectivity index (χ1) is 8.16. The second-order valence-electron chi connectivity index (χ2n) is 4.34. The Bertz CT molecular complexity index is 474. The molecule has 0 aliphatic carbocycles. The van der Waals surface area contributed by atoms with Gasteiger partial charge in [-0.25, -0.2) is 9.97 Å². The third-order valence-corrected chi connectivity index (χ3v) is 2.52. The Morgan fingerprint density at radius 3 is 2.53 bits per heavy atom. The quantitative estimate of drug-likeness (QED) is 0.878. The Kier molecular flexibility index (Phi) is 3.54. The molecule has 0 aliphatic rings. The molecule has 0 saturated heterocycles. The topological polar surface area (TPSA) is 51.0 Å². The number of hydrogen-bond donors (Lipinski definition) is 1. The van der Waals surface area contributed by atoms with Crippen LogP contribution in [0.4, 0.5) is 0 Å². The van der Waals surface area contributed by atoms with Crippen LogP contribution in [0, 0.1) is 6.92 Å². The van der Waals surface area contributed by atoms with Crippen LogP contribution < -0.4 is 5.32 Å². The summed E-state index contributed by atoms with van der Waals surface area (Å²) in [6.07, 6.45) is 5.36. The van der Waals surface area contributed by atoms with Crippen molar-refractivity contribution in [2.24, 2.45) is 0 Å². The van der Waals surface area contributed by atoms with Crippen molar-refractivity contribution in [3.05, 3.63) is 36.0 Å². The van der Waals surface area contributed by atoms with Crippen molar-refractivity contribution in [3.8, 4) is 11.4 Å². The summed E-state index contributed by atoms with van der Waals surface area (Å²) in [5.41, 5.74) is 2.04. The molecule has 90 valence electrons. The van der Waals surface area contributed by atoms with E-state index in [4.69, 9.17) is 4.42 Å². The number of aryl methyl sites for hydroxylation is 1. The molecular weight excluding hydrogens is 214 g/mol. The Balaban J connectivity index is 2.11. The molecule has 2 aromatic rings. The molecule has 4 heteroatoms. The van der Waals surface area contributed by atoms with E-state index < -0.39 is 0 Å². The van der Waals surface area contributed by atoms with Gasteiger partial charge in [-0.15, -0.1) is 0 Å². The molecule has 0 saturated carbocycles. The van der Waals surface area contributed by atoms with Gasteiger partial charge in [-0.2, -0.15) is 0 Å². The monoisotopic (exact) mass is 231 g/mol. The first-order valence-corrected chi connectivity index (χ1v) is 5.75. The summed E-state index contributed by atoms with van der Waals surface area (Å²) >= 11 is 0. The molecule has 2 heterocycles. The van der Waals surface area contributed by atoms with Crippen LogP contribution >= 0.6 is 0 Å². The van der Waals surface area contributed by atoms with Crippen molar-refractivity contribution in [2.45, 2.75) is 33.4 Å². The standard InChI is InChI=1S/C13H17N3O/c1-9(2)14-6-11-7-15-13(16-8-11)12-4-5-17-10(12)3/h4-5,7-9,14H,6H2,1-3H3. The number of hydrogen-bond acceptors (Lipinski definition) is 4. The number of furan rings is 1. The highest BCUT2D eigenvalue weighted by molar-refractivity contribution is 5.56. The molecule has 0 amide bonds. The van der Waals surface area contributed by atoms with Gasteiger partial charge in [0, 0.05) is 30.5 Å². The molecule has 0 spiro atoms. The van der Waals surface area contributed by atoms with Crippen LogP contribution in [0.1, 0.15) is 25.2 Å². The summed E-state index contributed by atoms with van der Waals surface area (Å²) in [5.74, 6) is 1.56. The molecule has 0 bridgehead atoms. The minimum Gasteiger partial charge on any atom is -0.469 e. The van der Waals surface area contributed by atoms with Gasteiger partial charge >= 0.3 is 0 Å². The fourth-order valence-corrected chi connectivity index (χ4v) is 1.52. The van der Waals surface area contributed by atoms with Crippen LogP contribution in [0.2, 0.25) is 0 Å². The van der Waals surface area contributed by atoms with Crippen LogP contribution in [-0.2, 0) is 6.54 Å². The van der Waals surface area contributed by atoms with E-state index in [0.717, 1.165) is 23.4 Å². The molecule has 0 aromatic carbocycles. The largest absolute Gasteiger partial charge is 0.469 e. The number of rotatable bonds is 4. The molecule has 0 fully saturated rings. The third kappa shape index (κ3) is 2.91. The zero-order valence-corrected chi connectivity index (χ0v) is 10.4. The Morgan fingerprint density at radius 2 is 2.00 bits per heavy atom. The fraction of sp³-hybridized carbons (Fsp3) is 0.385. The van der Waals surface area contributed by atoms with E-state index in [9.17, 15) is 0 Å². The van der Waals surface area contributed by atoms with Crippen molar-refractivity contribution in [1.29, 1.82) is 0 Å². The first kappa shape index (κ1) is 11.8. The maximum atomic E-state index is 5.24. The van der Waals surface area contributed by atoms with E-state index in [1.807, 2.05) is 25.4 Å². The van der Waals surface area contributed by atoms with E-state index in [0.29, 0.717) is 11.9 Å². The van der Waals surface area contributed by atoms with Gasteiger partial charge in [-0.1, -0.05) is 13.8 Å². The number of aromatic nitrogens is 2. The van der Waals surface area contributed by atoms with Crippen LogP contribution in [0.25, 0.3) is 11.4 Å². The maximum absolute atomic E-state index is 5.24. The summed E-state index contributed by atoms with van der Waals surface area (Å²) in [6.45, 7) is 6.93. The van der Waals surface area contributed by atoms with Gasteiger partial charge in [0.1, 0.15) is 5.76 Å². The zero-order chi connectivity index (χ0) is 12.3. The smallest absolute Gasteiger partial charge is 0.162 e. The second-order valence-corrected chi connectivity index (χ2v) is 4.34. The van der Waals surface area contributed by atoms with Crippen molar-refractivity contribution in [2.75, 3.05) is 0 Å². The lowest BCUT2D eigenvalue weighted by Crippen LogP contribution is -2.21. The van der Waals surface area contributed by atoms with Gasteiger partial charge < -0.3 is 9.73 Å². The van der Waals surface area contributed by atoms with Gasteiger partial charge in [0.05, 0.1) is 11.8 Å². The predicted molar refractivity (Wildman–Crippen MR) is 66.4 cm³/mol. The summed E-state index contributed by atoms with van der Waals surface area (Å²) < 4.78 is 5.24. The first-order valence-electron chi connectivity index (χ1n) is 5.75. The van der Waals surface area contributed by atoms with Crippen LogP contribution in [0.15, 0.2) is 29.1 Å². The second kappa shape index (κ2) is 5.10. The molecular formula is C13H17N3O. The SMILES string of the molecule is Cc1occc1-c1ncc(CNC(C)C)cn1. The molecule has 1 N–H and O–H groups in total. The maximum Gasteiger partial charge on any atom is 0.162 e. The molecule has 2 aromatic heterocycles. The predicted octanol–water partition coefficient (Wildman–Crippen LogP) is 2.54. The Labute approximate surface area is 101 Å². The van der Waals surface area contributed by atoms with E-state index in [-0.39, 0.29) is 0 Å². The molecule has 17 heavy (non-hydrogen) atoms. The van der Waals surface area contributed by atoms with E-state index in [1.54, 1.807) is 6.26 Å². The zero-order valence-electron chi connectivity index (χ0n) is 10.4. The summed E-state index contributed by atoms with van der Waals surface area (Å²) in [5, 5.41) is 3.33. The van der Waals surface area contributed by atoms with Crippen molar-refractivity contribution < 1.29 is 4.42 Å². The van der Waals surface area contributed by atoms with Gasteiger partial charge in [-0.3, -0.25) is 0 Å². The van der Waals surface area contributed by atoms with Gasteiger partial charge in [0.2, 0.25) is 0 Å². The third-order valence-electron chi connectivity index (χ3n) is 2.52. The summed E-state index contributed by atoms with van der Waals surface area (Å²) in [4.78, 5) is 8.70. The Morgan fingerprint density at radius 1 is 1.29 bits per heavy atom. The van der Waals surface area contributed by atoms with Crippen molar-refractivity contribution in [1.82, 2.24) is 15.3 Å². The summed E-state index contributed by atoms with van der Waals surface area (Å²) in [7, 11) is 0. The van der Waals surface area contributed by atoms with E-state index in [2.05, 4.69) is 29.1 Å². The van der Waals surface area contributed by atoms with Crippen molar-refractivity contribution >= 4 is 0 Å². The molecule has 4 nitrogen and oxygen atoms in total. The van der Waals surface area contributed by atoms with Gasteiger partial charge in [0.15, 0.2) is 5.82 Å². The molecule has 0 aliphatic heterocycles. The lowest BCUT2D eigenvalue weighted by atomic mass is 10.2. The molecule has 0 radical (unpaired) electrons. The minimum atomic E-state index is 0.464. The van der Waals surface area contributed by atoms with Crippen LogP contribution in [-0.4, -0.2) is 16.0 Å². The average Bonchev–Trinajstić information content (AvgIpc) is 2.73. The molecule has 2 rings (SSSR count). The van der Waals surface area contributed by atoms with E-state index >= 15 is 0 Å². The molecule has 0 atom stereocenters. The average molecular weight is 231 g/mol. The lowest BCUT2D eigenvalue weighted by molar-refractivity contribution is 0.535. The fourth-order valence-electron chi connectivity index (χ4n) is 1.52. The van der Waals surface area contributed by atoms with Crippen LogP contribution in [0.5, 0.6) is 0 Å². The highest BCUT2D eigenvalue weighted by Crippen LogP contribution is 2.19. The molecule has 0 unspecified atom stereocenters. The van der Waals surface area contributed by atoms with Crippen molar-refractivity contribution in [3.63, 3.8) is 0 Å². The van der Waals surface area contributed by atoms with Gasteiger partial charge in [-0.05, 0) is 13.0 Å². The van der Waals surface area contributed by atoms with E-state index in [1.165, 1.54) is 0 Å². The minimum absolute atomic E-state index is 0.464.